The molecule has 0 unspecified atom stereocenters. The highest BCUT2D eigenvalue weighted by Crippen LogP contribution is 2.16. The highest BCUT2D eigenvalue weighted by atomic mass is 32.2. The Morgan fingerprint density at radius 3 is 1.09 bits per heavy atom. The number of aliphatic carboxylic acids is 1. The molecule has 846 valence electrons. The summed E-state index contributed by atoms with van der Waals surface area (Å²) in [4.78, 5) is 300. The van der Waals surface area contributed by atoms with Crippen molar-refractivity contribution in [3.8, 4) is 0 Å². The van der Waals surface area contributed by atoms with Gasteiger partial charge < -0.3 is 188 Å². The number of aliphatic hydroxyl groups excluding tert-OH is 5. The normalized spacial score (nSPS) is 14.9. The third-order valence-corrected chi connectivity index (χ3v) is 23.1. The summed E-state index contributed by atoms with van der Waals surface area (Å²) in [5.74, 6) is -25.4. The van der Waals surface area contributed by atoms with Crippen molar-refractivity contribution in [2.24, 2.45) is 57.7 Å². The molecule has 0 aliphatic carbocycles. The SMILES string of the molecule is CSCC[C@H](NC(=O)CNC(=O)[C@@H](NC(=O)CNC(=O)[C@@H](NC(=O)CNC(=O)[C@H](CC(N)=O)NC(=O)[C@H](CCCNC(=N)N)NC(=O)[C@H](CC(C)C)NC(=O)[C@@H](N)CO)C(C)C)[C@@H](C)O)C(=O)N[C@@H](CCCCN)C(=O)N[C@@H](CCCCN)C(=O)N[C@H](C(=O)N[C@@H](CO)C(=O)N[C@@H](Cc1ccccc1)C(=O)N[C@@H](CCC(N)=O)C(=O)N[C@@H](CCCNC(=N)N)C(=O)N[C@@H](C)C(=O)N[C@@H](CCCCN)C(=O)N[C@@H](CO)C(=O)O)[C@@H](C)O. The Hall–Kier alpha value is -13.9. The number of unbranched alkanes of at least 4 members (excludes halogenated alkanes) is 3. The highest BCUT2D eigenvalue weighted by molar-refractivity contribution is 7.98. The van der Waals surface area contributed by atoms with Crippen LogP contribution in [0.1, 0.15) is 170 Å². The Morgan fingerprint density at radius 1 is 0.340 bits per heavy atom. The zero-order valence-corrected chi connectivity index (χ0v) is 86.4. The van der Waals surface area contributed by atoms with Crippen LogP contribution in [-0.2, 0) is 112 Å². The number of rotatable bonds is 77. The summed E-state index contributed by atoms with van der Waals surface area (Å²) in [7, 11) is 0. The molecule has 59 nitrogen and oxygen atoms in total. The standard InChI is InChI=1S/C90H157N31O28S/c1-45(2)36-59(114-73(133)51(94)42-122)82(142)112-56(26-19-34-102-90(99)100)77(137)116-61(38-65(96)128)74(134)103-40-67(130)119-69(46(3)4)85(145)104-41-68(131)120-70(48(6)125)86(146)105-39-66(129)107-58(29-35-150-8)80(140)109-53(23-13-16-31-92)76(136)110-54(24-14-17-32-93)81(141)121-71(49(7)126)87(147)117-62(43-123)84(144)115-60(37-50-20-10-9-11-21-50)83(143)113-57(27-28-64(95)127)79(139)111-55(25-18-33-101-89(97)98)75(135)106-47(5)72(132)108-52(22-12-15-30-91)78(138)118-63(44-124)88(148)149/h9-11,20-21,45-49,51-63,69-71,122-126H,12-19,22-44,91-94H2,1-8H3,(H2,95,127)(H2,96,128)(H,103,134)(H,104,145)(H,105,146)(H,106,135)(H,107,129)(H,108,132)(H,109,140)(H,110,136)(H,111,139)(H,112,142)(H,113,143)(H,114,133)(H,115,144)(H,116,137)(H,117,147)(H,118,138)(H,119,130)(H,120,131)(H,121,141)(H,148,149)(H4,97,98,101)(H4,99,100,102)/t47-,48+,49+,51-,52-,53-,54-,55-,56-,57-,58-,59-,60-,61-,62-,63-,69-,70-,71-/m0/s1. The first-order valence-corrected chi connectivity index (χ1v) is 50.3. The summed E-state index contributed by atoms with van der Waals surface area (Å²) in [6.45, 7) is 4.50. The molecule has 0 radical (unpaired) electrons. The van der Waals surface area contributed by atoms with Gasteiger partial charge in [-0.2, -0.15) is 11.8 Å². The van der Waals surface area contributed by atoms with Gasteiger partial charge in [0.2, 0.25) is 124 Å². The van der Waals surface area contributed by atoms with Gasteiger partial charge in [-0.15, -0.1) is 0 Å². The number of hydrogen-bond acceptors (Lipinski definition) is 34. The predicted molar refractivity (Wildman–Crippen MR) is 543 cm³/mol. The van der Waals surface area contributed by atoms with Gasteiger partial charge in [-0.3, -0.25) is 112 Å². The summed E-state index contributed by atoms with van der Waals surface area (Å²) in [5.41, 5.74) is 45.1. The van der Waals surface area contributed by atoms with E-state index in [-0.39, 0.29) is 134 Å². The maximum atomic E-state index is 14.7. The van der Waals surface area contributed by atoms with Gasteiger partial charge in [0.05, 0.1) is 58.1 Å². The minimum Gasteiger partial charge on any atom is -0.480 e. The number of nitrogens with two attached hydrogens (primary N) is 8. The molecule has 1 rings (SSSR count). The topological polar surface area (TPSA) is 1010 Å². The molecular weight excluding hydrogens is 2000 g/mol. The van der Waals surface area contributed by atoms with Crippen LogP contribution in [0.4, 0.5) is 0 Å². The molecule has 0 aliphatic heterocycles. The Bertz CT molecular complexity index is 4610. The van der Waals surface area contributed by atoms with Gasteiger partial charge in [-0.25, -0.2) is 4.79 Å². The molecule has 0 aromatic heterocycles. The fraction of sp³-hybridized carbons (Fsp3) is 0.667. The summed E-state index contributed by atoms with van der Waals surface area (Å²) >= 11 is 1.24. The summed E-state index contributed by atoms with van der Waals surface area (Å²) in [5, 5.41) is 126. The monoisotopic (exact) mass is 2150 g/mol. The molecule has 0 bridgehead atoms. The number of aliphatic hydroxyl groups is 5. The minimum absolute atomic E-state index is 0.00473. The van der Waals surface area contributed by atoms with Gasteiger partial charge in [0, 0.05) is 25.9 Å². The summed E-state index contributed by atoms with van der Waals surface area (Å²) in [6.07, 6.45) is -3.52. The molecule has 150 heavy (non-hydrogen) atoms. The maximum Gasteiger partial charge on any atom is 0.328 e. The number of primary amides is 2. The van der Waals surface area contributed by atoms with Crippen molar-refractivity contribution in [2.75, 3.05) is 84.2 Å². The van der Waals surface area contributed by atoms with Crippen LogP contribution in [0.2, 0.25) is 0 Å². The second-order valence-electron chi connectivity index (χ2n) is 36.1. The van der Waals surface area contributed by atoms with Gasteiger partial charge in [-0.1, -0.05) is 58.0 Å². The van der Waals surface area contributed by atoms with Gasteiger partial charge >= 0.3 is 5.97 Å². The Balaban J connectivity index is 3.49. The van der Waals surface area contributed by atoms with E-state index >= 15 is 0 Å². The van der Waals surface area contributed by atoms with Crippen molar-refractivity contribution in [1.29, 1.82) is 10.8 Å². The number of carbonyl (C=O) groups is 22. The Kier molecular flexibility index (Phi) is 65.5. The fourth-order valence-electron chi connectivity index (χ4n) is 14.1. The molecule has 0 spiro atoms. The van der Waals surface area contributed by atoms with E-state index in [0.717, 1.165) is 13.8 Å². The number of guanidine groups is 2. The molecule has 45 N–H and O–H groups in total. The number of nitrogens with one attached hydrogen (secondary N) is 23. The molecule has 0 heterocycles. The number of benzene rings is 1. The molecular formula is C90H157N31O28S. The zero-order valence-electron chi connectivity index (χ0n) is 85.6. The van der Waals surface area contributed by atoms with E-state index < -0.39 is 321 Å². The third kappa shape index (κ3) is 54.3. The molecule has 19 atom stereocenters. The van der Waals surface area contributed by atoms with E-state index in [4.69, 9.17) is 56.7 Å². The lowest BCUT2D eigenvalue weighted by molar-refractivity contribution is -0.143. The molecule has 60 heteroatoms. The van der Waals surface area contributed by atoms with E-state index in [0.29, 0.717) is 18.4 Å². The quantitative estimate of drug-likeness (QED) is 0.0164. The van der Waals surface area contributed by atoms with Crippen LogP contribution < -0.4 is 158 Å². The summed E-state index contributed by atoms with van der Waals surface area (Å²) in [6, 6.07) is -19.7. The first-order valence-electron chi connectivity index (χ1n) is 48.9. The van der Waals surface area contributed by atoms with Crippen LogP contribution in [0.25, 0.3) is 0 Å². The van der Waals surface area contributed by atoms with Crippen LogP contribution >= 0.6 is 11.8 Å². The molecule has 21 amide bonds. The van der Waals surface area contributed by atoms with Crippen LogP contribution in [0.3, 0.4) is 0 Å². The number of amides is 21. The number of thioether (sulfide) groups is 1. The predicted octanol–water partition coefficient (Wildman–Crippen LogP) is -15.0. The molecule has 0 saturated heterocycles. The molecule has 1 aromatic carbocycles. The smallest absolute Gasteiger partial charge is 0.328 e. The first-order chi connectivity index (χ1) is 70.7. The first kappa shape index (κ1) is 134. The zero-order chi connectivity index (χ0) is 114. The van der Waals surface area contributed by atoms with Crippen molar-refractivity contribution in [1.82, 2.24) is 112 Å². The van der Waals surface area contributed by atoms with Crippen molar-refractivity contribution in [3.63, 3.8) is 0 Å². The lowest BCUT2D eigenvalue weighted by Crippen LogP contribution is -2.62. The highest BCUT2D eigenvalue weighted by Gasteiger charge is 2.41. The van der Waals surface area contributed by atoms with Crippen LogP contribution in [0, 0.1) is 22.7 Å². The number of hydrogen-bond donors (Lipinski definition) is 37. The van der Waals surface area contributed by atoms with Crippen LogP contribution in [0.15, 0.2) is 30.3 Å². The Morgan fingerprint density at radius 2 is 0.687 bits per heavy atom. The van der Waals surface area contributed by atoms with E-state index in [1.54, 1.807) is 50.4 Å². The minimum atomic E-state index is -2.02. The fourth-order valence-corrected chi connectivity index (χ4v) is 14.6. The second kappa shape index (κ2) is 73.3. The van der Waals surface area contributed by atoms with Crippen molar-refractivity contribution in [3.05, 3.63) is 35.9 Å². The van der Waals surface area contributed by atoms with E-state index in [2.05, 4.69) is 112 Å². The lowest BCUT2D eigenvalue weighted by Gasteiger charge is -2.29. The molecule has 1 aromatic rings. The Labute approximate surface area is 871 Å². The van der Waals surface area contributed by atoms with Gasteiger partial charge in [0.1, 0.15) is 103 Å². The molecule has 0 aliphatic rings. The molecule has 0 saturated carbocycles. The lowest BCUT2D eigenvalue weighted by atomic mass is 10.0. The van der Waals surface area contributed by atoms with E-state index in [1.165, 1.54) is 32.5 Å². The van der Waals surface area contributed by atoms with Crippen molar-refractivity contribution >= 4 is 154 Å². The van der Waals surface area contributed by atoms with Gasteiger partial charge in [0.15, 0.2) is 11.9 Å². The van der Waals surface area contributed by atoms with Gasteiger partial charge in [0.25, 0.3) is 0 Å². The number of carboxylic acid groups (broad SMARTS) is 1. The maximum absolute atomic E-state index is 14.7. The van der Waals surface area contributed by atoms with Crippen molar-refractivity contribution in [2.45, 2.75) is 285 Å². The third-order valence-electron chi connectivity index (χ3n) is 22.4. The van der Waals surface area contributed by atoms with Crippen LogP contribution in [0.5, 0.6) is 0 Å². The van der Waals surface area contributed by atoms with Gasteiger partial charge in [-0.05, 0) is 173 Å². The average molecular weight is 2150 g/mol. The largest absolute Gasteiger partial charge is 0.480 e. The number of carboxylic acids is 1. The van der Waals surface area contributed by atoms with E-state index in [9.17, 15) is 136 Å². The van der Waals surface area contributed by atoms with Crippen molar-refractivity contribution < 1.29 is 136 Å². The average Bonchev–Trinajstić information content (AvgIpc) is 0.817. The van der Waals surface area contributed by atoms with E-state index in [1.807, 2.05) is 0 Å². The summed E-state index contributed by atoms with van der Waals surface area (Å²) < 4.78 is 0. The second-order valence-corrected chi connectivity index (χ2v) is 37.1. The number of carbonyl (C=O) groups excluding carboxylic acids is 21. The molecule has 0 fully saturated rings. The van der Waals surface area contributed by atoms with Crippen LogP contribution in [-0.4, -0.2) is 372 Å².